The summed E-state index contributed by atoms with van der Waals surface area (Å²) in [7, 11) is 0. The predicted molar refractivity (Wildman–Crippen MR) is 71.5 cm³/mol. The zero-order chi connectivity index (χ0) is 12.4. The molecule has 0 aliphatic rings. The Hall–Kier alpha value is -1.21. The van der Waals surface area contributed by atoms with Gasteiger partial charge in [-0.25, -0.2) is 9.37 Å². The molecule has 1 aromatic carbocycles. The van der Waals surface area contributed by atoms with Crippen LogP contribution < -0.4 is 11.1 Å². The molecule has 0 unspecified atom stereocenters. The number of aromatic nitrogens is 2. The third-order valence-corrected chi connectivity index (χ3v) is 3.13. The molecule has 0 bridgehead atoms. The quantitative estimate of drug-likeness (QED) is 0.859. The van der Waals surface area contributed by atoms with E-state index in [4.69, 9.17) is 5.73 Å². The fourth-order valence-corrected chi connectivity index (χ4v) is 1.90. The molecule has 4 nitrogen and oxygen atoms in total. The van der Waals surface area contributed by atoms with E-state index in [-0.39, 0.29) is 11.8 Å². The maximum atomic E-state index is 13.4. The molecule has 17 heavy (non-hydrogen) atoms. The Bertz CT molecular complexity index is 512. The molecule has 0 radical (unpaired) electrons. The van der Waals surface area contributed by atoms with E-state index in [0.717, 1.165) is 15.1 Å². The van der Waals surface area contributed by atoms with Crippen LogP contribution in [0.5, 0.6) is 0 Å². The SMILES string of the molecule is Nc1ncc(F)c(Nc2cc(Br)ccc2Br)n1. The number of anilines is 3. The fourth-order valence-electron chi connectivity index (χ4n) is 1.19. The highest BCUT2D eigenvalue weighted by Gasteiger charge is 2.08. The van der Waals surface area contributed by atoms with Crippen molar-refractivity contribution in [2.45, 2.75) is 0 Å². The van der Waals surface area contributed by atoms with Crippen LogP contribution in [0.1, 0.15) is 0 Å². The number of hydrogen-bond acceptors (Lipinski definition) is 4. The van der Waals surface area contributed by atoms with Crippen LogP contribution in [0.15, 0.2) is 33.3 Å². The van der Waals surface area contributed by atoms with Crippen LogP contribution in [0.2, 0.25) is 0 Å². The smallest absolute Gasteiger partial charge is 0.222 e. The van der Waals surface area contributed by atoms with Gasteiger partial charge < -0.3 is 11.1 Å². The van der Waals surface area contributed by atoms with E-state index in [9.17, 15) is 4.39 Å². The van der Waals surface area contributed by atoms with Crippen LogP contribution in [0.3, 0.4) is 0 Å². The maximum absolute atomic E-state index is 13.4. The first-order valence-corrected chi connectivity index (χ1v) is 6.15. The number of benzene rings is 1. The van der Waals surface area contributed by atoms with Gasteiger partial charge in [-0.05, 0) is 34.1 Å². The van der Waals surface area contributed by atoms with E-state index in [2.05, 4.69) is 47.1 Å². The molecule has 1 heterocycles. The molecule has 2 rings (SSSR count). The van der Waals surface area contributed by atoms with Crippen molar-refractivity contribution in [2.75, 3.05) is 11.1 Å². The second-order valence-corrected chi connectivity index (χ2v) is 4.94. The normalized spacial score (nSPS) is 10.3. The first kappa shape index (κ1) is 12.3. The molecule has 3 N–H and O–H groups in total. The summed E-state index contributed by atoms with van der Waals surface area (Å²) in [5.74, 6) is -0.512. The number of nitrogens with zero attached hydrogens (tertiary/aromatic N) is 2. The van der Waals surface area contributed by atoms with Crippen molar-refractivity contribution in [1.29, 1.82) is 0 Å². The molecule has 7 heteroatoms. The van der Waals surface area contributed by atoms with E-state index in [1.54, 1.807) is 6.07 Å². The molecule has 1 aromatic heterocycles. The lowest BCUT2D eigenvalue weighted by Gasteiger charge is -2.09. The lowest BCUT2D eigenvalue weighted by Crippen LogP contribution is -2.02. The van der Waals surface area contributed by atoms with Gasteiger partial charge in [0.25, 0.3) is 0 Å². The summed E-state index contributed by atoms with van der Waals surface area (Å²) in [4.78, 5) is 7.33. The van der Waals surface area contributed by atoms with Gasteiger partial charge in [0.2, 0.25) is 5.95 Å². The molecule has 0 saturated carbocycles. The van der Waals surface area contributed by atoms with Gasteiger partial charge in [0.05, 0.1) is 11.9 Å². The molecule has 0 atom stereocenters. The number of nitrogens with two attached hydrogens (primary N) is 1. The van der Waals surface area contributed by atoms with Crippen LogP contribution in [0.4, 0.5) is 21.8 Å². The minimum absolute atomic E-state index is 0.0139. The summed E-state index contributed by atoms with van der Waals surface area (Å²) < 4.78 is 15.1. The van der Waals surface area contributed by atoms with Crippen LogP contribution in [-0.2, 0) is 0 Å². The van der Waals surface area contributed by atoms with Crippen molar-refractivity contribution >= 4 is 49.3 Å². The summed E-state index contributed by atoms with van der Waals surface area (Å²) in [6.45, 7) is 0. The third-order valence-electron chi connectivity index (χ3n) is 1.94. The van der Waals surface area contributed by atoms with Crippen molar-refractivity contribution in [2.24, 2.45) is 0 Å². The molecule has 0 aliphatic carbocycles. The fraction of sp³-hybridized carbons (Fsp3) is 0. The standard InChI is InChI=1S/C10H7Br2FN4/c11-5-1-2-6(12)8(3-5)16-9-7(13)4-15-10(14)17-9/h1-4H,(H3,14,15,16,17). The lowest BCUT2D eigenvalue weighted by atomic mass is 10.3. The summed E-state index contributed by atoms with van der Waals surface area (Å²) in [6, 6.07) is 5.48. The molecule has 88 valence electrons. The number of hydrogen-bond donors (Lipinski definition) is 2. The first-order valence-electron chi connectivity index (χ1n) is 4.56. The number of nitrogens with one attached hydrogen (secondary N) is 1. The van der Waals surface area contributed by atoms with Gasteiger partial charge in [-0.2, -0.15) is 4.98 Å². The Morgan fingerprint density at radius 2 is 2.06 bits per heavy atom. The van der Waals surface area contributed by atoms with Crippen molar-refractivity contribution < 1.29 is 4.39 Å². The second kappa shape index (κ2) is 4.97. The maximum Gasteiger partial charge on any atom is 0.222 e. The Labute approximate surface area is 114 Å². The van der Waals surface area contributed by atoms with Crippen molar-refractivity contribution in [1.82, 2.24) is 9.97 Å². The molecule has 0 aliphatic heterocycles. The predicted octanol–water partition coefficient (Wildman–Crippen LogP) is 3.47. The van der Waals surface area contributed by atoms with Gasteiger partial charge in [-0.15, -0.1) is 0 Å². The zero-order valence-electron chi connectivity index (χ0n) is 8.42. The minimum atomic E-state index is -0.564. The first-order chi connectivity index (χ1) is 8.06. The van der Waals surface area contributed by atoms with Gasteiger partial charge in [-0.1, -0.05) is 15.9 Å². The van der Waals surface area contributed by atoms with Crippen LogP contribution in [0, 0.1) is 5.82 Å². The molecule has 2 aromatic rings. The van der Waals surface area contributed by atoms with Crippen LogP contribution in [0.25, 0.3) is 0 Å². The monoisotopic (exact) mass is 360 g/mol. The number of nitrogen functional groups attached to an aromatic ring is 1. The topological polar surface area (TPSA) is 63.8 Å². The van der Waals surface area contributed by atoms with Gasteiger partial charge in [0.1, 0.15) is 0 Å². The summed E-state index contributed by atoms with van der Waals surface area (Å²) in [5.41, 5.74) is 6.08. The average Bonchev–Trinajstić information content (AvgIpc) is 2.28. The number of halogens is 3. The van der Waals surface area contributed by atoms with Crippen molar-refractivity contribution in [3.05, 3.63) is 39.2 Å². The van der Waals surface area contributed by atoms with E-state index in [1.807, 2.05) is 12.1 Å². The van der Waals surface area contributed by atoms with Crippen LogP contribution >= 0.6 is 31.9 Å². The van der Waals surface area contributed by atoms with Gasteiger partial charge in [-0.3, -0.25) is 0 Å². The highest BCUT2D eigenvalue weighted by Crippen LogP contribution is 2.29. The van der Waals surface area contributed by atoms with E-state index in [1.165, 1.54) is 0 Å². The summed E-state index contributed by atoms with van der Waals surface area (Å²) in [5, 5.41) is 2.84. The summed E-state index contributed by atoms with van der Waals surface area (Å²) >= 11 is 6.68. The minimum Gasteiger partial charge on any atom is -0.368 e. The molecule has 0 saturated heterocycles. The number of rotatable bonds is 2. The Morgan fingerprint density at radius 1 is 1.29 bits per heavy atom. The van der Waals surface area contributed by atoms with E-state index in [0.29, 0.717) is 5.69 Å². The van der Waals surface area contributed by atoms with Gasteiger partial charge in [0, 0.05) is 8.95 Å². The van der Waals surface area contributed by atoms with E-state index < -0.39 is 5.82 Å². The van der Waals surface area contributed by atoms with Gasteiger partial charge in [0.15, 0.2) is 11.6 Å². The van der Waals surface area contributed by atoms with Crippen molar-refractivity contribution in [3.8, 4) is 0 Å². The Balaban J connectivity index is 2.37. The van der Waals surface area contributed by atoms with Crippen molar-refractivity contribution in [3.63, 3.8) is 0 Å². The molecular formula is C10H7Br2FN4. The Kier molecular flexibility index (Phi) is 3.58. The molecular weight excluding hydrogens is 355 g/mol. The third kappa shape index (κ3) is 2.92. The highest BCUT2D eigenvalue weighted by molar-refractivity contribution is 9.11. The highest BCUT2D eigenvalue weighted by atomic mass is 79.9. The molecule has 0 fully saturated rings. The van der Waals surface area contributed by atoms with Crippen LogP contribution in [-0.4, -0.2) is 9.97 Å². The second-order valence-electron chi connectivity index (χ2n) is 3.17. The lowest BCUT2D eigenvalue weighted by molar-refractivity contribution is 0.620. The van der Waals surface area contributed by atoms with E-state index >= 15 is 0 Å². The molecule has 0 amide bonds. The Morgan fingerprint density at radius 3 is 2.82 bits per heavy atom. The average molecular weight is 362 g/mol. The molecule has 0 spiro atoms. The summed E-state index contributed by atoms with van der Waals surface area (Å²) in [6.07, 6.45) is 1.02. The van der Waals surface area contributed by atoms with Gasteiger partial charge >= 0.3 is 0 Å². The largest absolute Gasteiger partial charge is 0.368 e. The zero-order valence-corrected chi connectivity index (χ0v) is 11.6.